The molecule has 0 radical (unpaired) electrons. The van der Waals surface area contributed by atoms with E-state index in [1.165, 1.54) is 6.42 Å². The van der Waals surface area contributed by atoms with Crippen molar-refractivity contribution >= 4 is 9.39 Å². The van der Waals surface area contributed by atoms with Crippen molar-refractivity contribution in [1.82, 2.24) is 5.09 Å². The number of nitrogens with two attached hydrogens (primary N) is 1. The van der Waals surface area contributed by atoms with Crippen LogP contribution in [0, 0.1) is 5.41 Å². The molecule has 2 nitrogen and oxygen atoms in total. The second-order valence-corrected chi connectivity index (χ2v) is 4.23. The molecule has 0 aromatic heterocycles. The zero-order valence-corrected chi connectivity index (χ0v) is 7.88. The Hall–Kier alpha value is 0.350. The van der Waals surface area contributed by atoms with Crippen LogP contribution >= 0.6 is 9.39 Å². The molecule has 60 valence electrons. The summed E-state index contributed by atoms with van der Waals surface area (Å²) in [6, 6.07) is 0.973. The number of nitrogens with one attached hydrogen (secondary N) is 1. The Morgan fingerprint density at radius 1 is 1.60 bits per heavy atom. The Bertz CT molecular complexity index is 125. The van der Waals surface area contributed by atoms with E-state index in [2.05, 4.69) is 28.3 Å². The lowest BCUT2D eigenvalue weighted by Crippen LogP contribution is -2.31. The molecule has 0 aromatic rings. The fourth-order valence-corrected chi connectivity index (χ4v) is 1.88. The first kappa shape index (κ1) is 8.45. The van der Waals surface area contributed by atoms with E-state index >= 15 is 0 Å². The summed E-state index contributed by atoms with van der Waals surface area (Å²) in [6.07, 6.45) is 2.30. The Morgan fingerprint density at radius 2 is 2.20 bits per heavy atom. The van der Waals surface area contributed by atoms with Gasteiger partial charge in [0.1, 0.15) is 0 Å². The third-order valence-electron chi connectivity index (χ3n) is 2.55. The highest BCUT2D eigenvalue weighted by atomic mass is 31.0. The first-order valence-corrected chi connectivity index (χ1v) is 4.36. The lowest BCUT2D eigenvalue weighted by molar-refractivity contribution is 0.329. The zero-order valence-electron chi connectivity index (χ0n) is 6.72. The van der Waals surface area contributed by atoms with Gasteiger partial charge in [0.15, 0.2) is 0 Å². The summed E-state index contributed by atoms with van der Waals surface area (Å²) < 4.78 is 0. The molecular formula is C7H17N2P. The van der Waals surface area contributed by atoms with Crippen LogP contribution in [-0.4, -0.2) is 12.1 Å². The number of rotatable bonds is 1. The van der Waals surface area contributed by atoms with Crippen LogP contribution in [0.5, 0.6) is 0 Å². The second-order valence-electron chi connectivity index (χ2n) is 3.90. The highest BCUT2D eigenvalue weighted by molar-refractivity contribution is 7.13. The van der Waals surface area contributed by atoms with Gasteiger partial charge in [-0.05, 0) is 18.3 Å². The Labute approximate surface area is 65.2 Å². The molecular weight excluding hydrogens is 143 g/mol. The normalized spacial score (nSPS) is 38.4. The van der Waals surface area contributed by atoms with Crippen molar-refractivity contribution in [2.75, 3.05) is 0 Å². The lowest BCUT2D eigenvalue weighted by atomic mass is 9.88. The molecule has 0 amide bonds. The zero-order chi connectivity index (χ0) is 7.78. The van der Waals surface area contributed by atoms with Crippen molar-refractivity contribution in [2.24, 2.45) is 11.1 Å². The molecule has 1 fully saturated rings. The van der Waals surface area contributed by atoms with Crippen molar-refractivity contribution in [1.29, 1.82) is 0 Å². The molecule has 0 saturated heterocycles. The van der Waals surface area contributed by atoms with E-state index in [-0.39, 0.29) is 0 Å². The minimum atomic E-state index is 0.328. The van der Waals surface area contributed by atoms with Gasteiger partial charge in [0.25, 0.3) is 0 Å². The molecule has 3 heteroatoms. The van der Waals surface area contributed by atoms with E-state index in [4.69, 9.17) is 5.73 Å². The highest BCUT2D eigenvalue weighted by Gasteiger charge is 2.37. The molecule has 3 unspecified atom stereocenters. The second kappa shape index (κ2) is 2.77. The summed E-state index contributed by atoms with van der Waals surface area (Å²) in [7, 11) is 2.56. The summed E-state index contributed by atoms with van der Waals surface area (Å²) in [5.41, 5.74) is 6.26. The lowest BCUT2D eigenvalue weighted by Gasteiger charge is -2.22. The average molecular weight is 160 g/mol. The first-order chi connectivity index (χ1) is 4.56. The van der Waals surface area contributed by atoms with Gasteiger partial charge in [-0.2, -0.15) is 0 Å². The molecule has 1 aliphatic carbocycles. The van der Waals surface area contributed by atoms with Crippen LogP contribution in [0.25, 0.3) is 0 Å². The molecule has 3 atom stereocenters. The summed E-state index contributed by atoms with van der Waals surface area (Å²) >= 11 is 0. The minimum Gasteiger partial charge on any atom is -0.327 e. The van der Waals surface area contributed by atoms with Crippen molar-refractivity contribution in [2.45, 2.75) is 38.8 Å². The van der Waals surface area contributed by atoms with Crippen LogP contribution < -0.4 is 10.8 Å². The van der Waals surface area contributed by atoms with Gasteiger partial charge in [0.05, 0.1) is 0 Å². The van der Waals surface area contributed by atoms with Crippen molar-refractivity contribution in [3.05, 3.63) is 0 Å². The van der Waals surface area contributed by atoms with Gasteiger partial charge in [-0.25, -0.2) is 0 Å². The van der Waals surface area contributed by atoms with E-state index in [9.17, 15) is 0 Å². The summed E-state index contributed by atoms with van der Waals surface area (Å²) in [5.74, 6) is 0. The topological polar surface area (TPSA) is 38.0 Å². The molecule has 0 aliphatic heterocycles. The van der Waals surface area contributed by atoms with Gasteiger partial charge in [0.2, 0.25) is 0 Å². The summed E-state index contributed by atoms with van der Waals surface area (Å²) in [4.78, 5) is 0. The van der Waals surface area contributed by atoms with E-state index < -0.39 is 0 Å². The van der Waals surface area contributed by atoms with Gasteiger partial charge < -0.3 is 5.73 Å². The first-order valence-electron chi connectivity index (χ1n) is 3.78. The number of hydrogen-bond acceptors (Lipinski definition) is 2. The van der Waals surface area contributed by atoms with Crippen molar-refractivity contribution in [3.63, 3.8) is 0 Å². The van der Waals surface area contributed by atoms with Gasteiger partial charge in [-0.3, -0.25) is 5.09 Å². The SMILES string of the molecule is CC1(C)CC(NP)CC1N. The third-order valence-corrected chi connectivity index (χ3v) is 3.02. The molecule has 3 N–H and O–H groups in total. The van der Waals surface area contributed by atoms with Crippen molar-refractivity contribution in [3.8, 4) is 0 Å². The quantitative estimate of drug-likeness (QED) is 0.559. The fourth-order valence-electron chi connectivity index (χ4n) is 1.62. The largest absolute Gasteiger partial charge is 0.327 e. The molecule has 1 rings (SSSR count). The van der Waals surface area contributed by atoms with Gasteiger partial charge in [-0.1, -0.05) is 23.2 Å². The monoisotopic (exact) mass is 160 g/mol. The smallest absolute Gasteiger partial charge is 0.0119 e. The minimum absolute atomic E-state index is 0.328. The number of hydrogen-bond donors (Lipinski definition) is 2. The van der Waals surface area contributed by atoms with Crippen LogP contribution in [0.15, 0.2) is 0 Å². The Balaban J connectivity index is 2.53. The van der Waals surface area contributed by atoms with Crippen LogP contribution in [0.4, 0.5) is 0 Å². The Kier molecular flexibility index (Phi) is 2.34. The standard InChI is InChI=1S/C7H17N2P/c1-7(2)4-5(9-10)3-6(7)8/h5-6,9H,3-4,8,10H2,1-2H3. The maximum atomic E-state index is 5.93. The molecule has 0 spiro atoms. The van der Waals surface area contributed by atoms with Crippen LogP contribution in [-0.2, 0) is 0 Å². The fraction of sp³-hybridized carbons (Fsp3) is 1.00. The van der Waals surface area contributed by atoms with Crippen LogP contribution in [0.3, 0.4) is 0 Å². The summed E-state index contributed by atoms with van der Waals surface area (Å²) in [6.45, 7) is 4.47. The molecule has 0 aromatic carbocycles. The van der Waals surface area contributed by atoms with E-state index in [0.717, 1.165) is 6.42 Å². The van der Waals surface area contributed by atoms with E-state index in [1.54, 1.807) is 0 Å². The molecule has 1 saturated carbocycles. The predicted octanol–water partition coefficient (Wildman–Crippen LogP) is 0.882. The molecule has 1 aliphatic rings. The maximum Gasteiger partial charge on any atom is 0.0119 e. The van der Waals surface area contributed by atoms with Crippen LogP contribution in [0.2, 0.25) is 0 Å². The molecule has 10 heavy (non-hydrogen) atoms. The summed E-state index contributed by atoms with van der Waals surface area (Å²) in [5, 5.41) is 3.19. The van der Waals surface area contributed by atoms with Gasteiger partial charge in [-0.15, -0.1) is 0 Å². The van der Waals surface area contributed by atoms with Gasteiger partial charge in [0, 0.05) is 12.1 Å². The van der Waals surface area contributed by atoms with Crippen LogP contribution in [0.1, 0.15) is 26.7 Å². The Morgan fingerprint density at radius 3 is 2.40 bits per heavy atom. The average Bonchev–Trinajstić information content (AvgIpc) is 2.08. The van der Waals surface area contributed by atoms with Gasteiger partial charge >= 0.3 is 0 Å². The molecule has 0 heterocycles. The maximum absolute atomic E-state index is 5.93. The van der Waals surface area contributed by atoms with Crippen molar-refractivity contribution < 1.29 is 0 Å². The molecule has 0 bridgehead atoms. The van der Waals surface area contributed by atoms with E-state index in [0.29, 0.717) is 17.5 Å². The highest BCUT2D eigenvalue weighted by Crippen LogP contribution is 2.36. The predicted molar refractivity (Wildman–Crippen MR) is 47.6 cm³/mol. The van der Waals surface area contributed by atoms with E-state index in [1.807, 2.05) is 0 Å². The third kappa shape index (κ3) is 1.50.